The third-order valence-corrected chi connectivity index (χ3v) is 15.8. The summed E-state index contributed by atoms with van der Waals surface area (Å²) >= 11 is 0. The fourth-order valence-electron chi connectivity index (χ4n) is 7.99. The molecular formula is C46H48N2O6Si. The van der Waals surface area contributed by atoms with Crippen LogP contribution in [0.1, 0.15) is 55.7 Å². The molecule has 0 bridgehead atoms. The predicted molar refractivity (Wildman–Crippen MR) is 219 cm³/mol. The number of nitrogens with zero attached hydrogens (tertiary/aromatic N) is 1. The van der Waals surface area contributed by atoms with Crippen molar-refractivity contribution >= 4 is 18.7 Å². The van der Waals surface area contributed by atoms with Crippen LogP contribution >= 0.6 is 0 Å². The second-order valence-corrected chi connectivity index (χ2v) is 19.4. The Labute approximate surface area is 323 Å². The number of ether oxygens (including phenoxy) is 3. The van der Waals surface area contributed by atoms with Gasteiger partial charge in [0.1, 0.15) is 23.7 Å². The molecule has 7 rings (SSSR count). The first-order valence-corrected chi connectivity index (χ1v) is 20.6. The summed E-state index contributed by atoms with van der Waals surface area (Å²) in [6.45, 7) is 8.53. The maximum atomic E-state index is 13.4. The van der Waals surface area contributed by atoms with E-state index >= 15 is 0 Å². The van der Waals surface area contributed by atoms with E-state index < -0.39 is 43.6 Å². The van der Waals surface area contributed by atoms with Gasteiger partial charge < -0.3 is 18.6 Å². The minimum Gasteiger partial charge on any atom is -0.497 e. The van der Waals surface area contributed by atoms with E-state index in [9.17, 15) is 9.59 Å². The Hall–Kier alpha value is -5.32. The fourth-order valence-corrected chi connectivity index (χ4v) is 12.7. The van der Waals surface area contributed by atoms with Gasteiger partial charge in [0, 0.05) is 18.2 Å². The average Bonchev–Trinajstić information content (AvgIpc) is 3.61. The summed E-state index contributed by atoms with van der Waals surface area (Å²) in [5, 5.41) is 1.95. The molecule has 282 valence electrons. The number of nitrogens with one attached hydrogen (secondary N) is 1. The van der Waals surface area contributed by atoms with Gasteiger partial charge in [-0.25, -0.2) is 4.79 Å². The zero-order chi connectivity index (χ0) is 38.6. The van der Waals surface area contributed by atoms with Crippen LogP contribution in [0, 0.1) is 6.92 Å². The minimum atomic E-state index is -3.09. The maximum absolute atomic E-state index is 13.4. The van der Waals surface area contributed by atoms with E-state index in [0.717, 1.165) is 32.8 Å². The largest absolute Gasteiger partial charge is 0.497 e. The number of aryl methyl sites for hydroxylation is 1. The van der Waals surface area contributed by atoms with Crippen LogP contribution in [0.2, 0.25) is 5.04 Å². The number of hydrogen-bond donors (Lipinski definition) is 1. The van der Waals surface area contributed by atoms with Crippen molar-refractivity contribution in [2.24, 2.45) is 0 Å². The highest BCUT2D eigenvalue weighted by atomic mass is 28.4. The van der Waals surface area contributed by atoms with Crippen LogP contribution < -0.4 is 26.4 Å². The number of methoxy groups -OCH3 is 1. The average molecular weight is 753 g/mol. The Morgan fingerprint density at radius 1 is 0.727 bits per heavy atom. The molecule has 1 aliphatic heterocycles. The van der Waals surface area contributed by atoms with Crippen molar-refractivity contribution in [1.29, 1.82) is 0 Å². The third-order valence-electron chi connectivity index (χ3n) is 10.7. The SMILES string of the molecule is COc1ccc(C(OC[C@H]2O[C@@H](n3cc(C)c(=O)[nH]c3=O)C[C@@H]2O[Si](c2ccccc2)(c2ccccc2)C(C)(C)C)(c2ccccc2)c2ccccc2)cc1. The molecule has 0 unspecified atom stereocenters. The van der Waals surface area contributed by atoms with E-state index in [1.807, 2.05) is 72.8 Å². The van der Waals surface area contributed by atoms with Crippen molar-refractivity contribution in [3.05, 3.63) is 195 Å². The monoisotopic (exact) mass is 752 g/mol. The summed E-state index contributed by atoms with van der Waals surface area (Å²) < 4.78 is 29.0. The first-order valence-electron chi connectivity index (χ1n) is 18.7. The van der Waals surface area contributed by atoms with Crippen molar-refractivity contribution in [2.75, 3.05) is 13.7 Å². The summed E-state index contributed by atoms with van der Waals surface area (Å²) in [6.07, 6.45) is 0.0933. The Morgan fingerprint density at radius 3 is 1.71 bits per heavy atom. The zero-order valence-corrected chi connectivity index (χ0v) is 33.0. The molecule has 0 aliphatic carbocycles. The lowest BCUT2D eigenvalue weighted by Gasteiger charge is -2.45. The molecule has 0 amide bonds. The smallest absolute Gasteiger partial charge is 0.330 e. The van der Waals surface area contributed by atoms with Gasteiger partial charge in [0.2, 0.25) is 0 Å². The van der Waals surface area contributed by atoms with Gasteiger partial charge in [0.05, 0.1) is 19.8 Å². The Bertz CT molecular complexity index is 2210. The van der Waals surface area contributed by atoms with Crippen LogP contribution in [0.5, 0.6) is 5.75 Å². The molecule has 1 saturated heterocycles. The molecule has 6 aromatic rings. The maximum Gasteiger partial charge on any atom is 0.330 e. The van der Waals surface area contributed by atoms with E-state index in [2.05, 4.69) is 98.6 Å². The summed E-state index contributed by atoms with van der Waals surface area (Å²) in [5.74, 6) is 0.737. The molecule has 2 heterocycles. The number of H-pyrrole nitrogens is 1. The van der Waals surface area contributed by atoms with Gasteiger partial charge in [0.25, 0.3) is 13.9 Å². The molecule has 9 heteroatoms. The summed E-state index contributed by atoms with van der Waals surface area (Å²) in [5.41, 5.74) is 1.21. The molecule has 1 fully saturated rings. The molecule has 0 radical (unpaired) electrons. The highest BCUT2D eigenvalue weighted by Crippen LogP contribution is 2.44. The van der Waals surface area contributed by atoms with Crippen molar-refractivity contribution in [3.63, 3.8) is 0 Å². The van der Waals surface area contributed by atoms with Gasteiger partial charge in [-0.05, 0) is 51.2 Å². The topological polar surface area (TPSA) is 91.8 Å². The van der Waals surface area contributed by atoms with Gasteiger partial charge in [-0.3, -0.25) is 14.3 Å². The second kappa shape index (κ2) is 15.8. The molecule has 8 nitrogen and oxygen atoms in total. The first-order chi connectivity index (χ1) is 26.6. The minimum absolute atomic E-state index is 0.117. The molecule has 1 N–H and O–H groups in total. The van der Waals surface area contributed by atoms with Crippen molar-refractivity contribution < 1.29 is 18.6 Å². The summed E-state index contributed by atoms with van der Waals surface area (Å²) in [7, 11) is -1.44. The van der Waals surface area contributed by atoms with Crippen molar-refractivity contribution in [2.45, 2.75) is 63.2 Å². The molecule has 1 aliphatic rings. The second-order valence-electron chi connectivity index (χ2n) is 15.1. The number of rotatable bonds is 12. The van der Waals surface area contributed by atoms with Gasteiger partial charge >= 0.3 is 5.69 Å². The summed E-state index contributed by atoms with van der Waals surface area (Å²) in [6, 6.07) is 49.3. The van der Waals surface area contributed by atoms with E-state index in [-0.39, 0.29) is 11.6 Å². The van der Waals surface area contributed by atoms with Crippen LogP contribution in [0.3, 0.4) is 0 Å². The van der Waals surface area contributed by atoms with E-state index in [0.29, 0.717) is 12.0 Å². The highest BCUT2D eigenvalue weighted by Gasteiger charge is 2.54. The van der Waals surface area contributed by atoms with E-state index in [1.165, 1.54) is 4.57 Å². The number of benzene rings is 5. The first kappa shape index (κ1) is 38.0. The normalized spacial score (nSPS) is 17.6. The Morgan fingerprint density at radius 2 is 1.22 bits per heavy atom. The standard InChI is InChI=1S/C46H48N2O6Si/c1-33-31-48(44(50)47-43(33)49)42-30-40(54-55(45(2,3)4,38-22-14-8-15-23-38)39-24-16-9-17-25-39)41(53-42)32-52-46(34-18-10-6-11-19-34,35-20-12-7-13-21-35)36-26-28-37(51-5)29-27-36/h6-29,31,40-42H,30,32H2,1-5H3,(H,47,49,50)/t40-,41+,42+/m0/s1. The van der Waals surface area contributed by atoms with Crippen LogP contribution in [0.4, 0.5) is 0 Å². The third kappa shape index (κ3) is 7.28. The molecular weight excluding hydrogens is 705 g/mol. The van der Waals surface area contributed by atoms with E-state index in [4.69, 9.17) is 18.6 Å². The lowest BCUT2D eigenvalue weighted by Crippen LogP contribution is -2.68. The van der Waals surface area contributed by atoms with Crippen LogP contribution in [0.15, 0.2) is 161 Å². The molecule has 0 spiro atoms. The summed E-state index contributed by atoms with van der Waals surface area (Å²) in [4.78, 5) is 28.3. The predicted octanol–water partition coefficient (Wildman–Crippen LogP) is 7.10. The van der Waals surface area contributed by atoms with Gasteiger partial charge in [0.15, 0.2) is 0 Å². The molecule has 0 saturated carbocycles. The number of aromatic nitrogens is 2. The van der Waals surface area contributed by atoms with Gasteiger partial charge in [-0.2, -0.15) is 0 Å². The van der Waals surface area contributed by atoms with Crippen LogP contribution in [-0.4, -0.2) is 43.8 Å². The number of aromatic amines is 1. The van der Waals surface area contributed by atoms with Gasteiger partial charge in [-0.1, -0.05) is 154 Å². The fraction of sp³-hybridized carbons (Fsp3) is 0.261. The Balaban J connectivity index is 1.38. The Kier molecular flexibility index (Phi) is 10.9. The van der Waals surface area contributed by atoms with Crippen LogP contribution in [0.25, 0.3) is 0 Å². The molecule has 55 heavy (non-hydrogen) atoms. The molecule has 3 atom stereocenters. The van der Waals surface area contributed by atoms with Crippen molar-refractivity contribution in [1.82, 2.24) is 9.55 Å². The lowest BCUT2D eigenvalue weighted by molar-refractivity contribution is -0.0925. The van der Waals surface area contributed by atoms with Gasteiger partial charge in [-0.15, -0.1) is 0 Å². The lowest BCUT2D eigenvalue weighted by atomic mass is 9.80. The zero-order valence-electron chi connectivity index (χ0n) is 32.0. The number of hydrogen-bond acceptors (Lipinski definition) is 6. The molecule has 5 aromatic carbocycles. The molecule has 1 aromatic heterocycles. The van der Waals surface area contributed by atoms with E-state index in [1.54, 1.807) is 20.2 Å². The van der Waals surface area contributed by atoms with Crippen molar-refractivity contribution in [3.8, 4) is 5.75 Å². The van der Waals surface area contributed by atoms with Crippen LogP contribution in [-0.2, 0) is 19.5 Å². The highest BCUT2D eigenvalue weighted by molar-refractivity contribution is 6.99. The quantitative estimate of drug-likeness (QED) is 0.106.